The smallest absolute Gasteiger partial charge is 0.245 e. The lowest BCUT2D eigenvalue weighted by atomic mass is 10.1. The fraction of sp³-hybridized carbons (Fsp3) is 0.750. The first kappa shape index (κ1) is 12.1. The molecule has 2 aliphatic heterocycles. The number of Topliss-reactive ketones (excluding diaryl/α,β-unsaturated/α-hetero) is 1. The van der Waals surface area contributed by atoms with E-state index in [1.807, 2.05) is 0 Å². The normalized spacial score (nSPS) is 25.2. The summed E-state index contributed by atoms with van der Waals surface area (Å²) in [5, 5.41) is 0. The summed E-state index contributed by atoms with van der Waals surface area (Å²) in [6, 6.07) is -0.291. The number of amides is 2. The number of hydrogen-bond acceptors (Lipinski definition) is 3. The molecule has 0 aliphatic carbocycles. The van der Waals surface area contributed by atoms with E-state index in [0.717, 1.165) is 12.8 Å². The summed E-state index contributed by atoms with van der Waals surface area (Å²) in [5.41, 5.74) is 0. The molecule has 1 unspecified atom stereocenters. The predicted octanol–water partition coefficient (Wildman–Crippen LogP) is 0.189. The number of rotatable bonds is 1. The van der Waals surface area contributed by atoms with Gasteiger partial charge in [0, 0.05) is 39.4 Å². The van der Waals surface area contributed by atoms with Crippen molar-refractivity contribution >= 4 is 17.6 Å². The van der Waals surface area contributed by atoms with Crippen molar-refractivity contribution in [3.63, 3.8) is 0 Å². The van der Waals surface area contributed by atoms with Gasteiger partial charge in [0.15, 0.2) is 0 Å². The second-order valence-electron chi connectivity index (χ2n) is 4.73. The second kappa shape index (κ2) is 4.85. The molecule has 5 nitrogen and oxygen atoms in total. The van der Waals surface area contributed by atoms with Crippen molar-refractivity contribution in [3.05, 3.63) is 0 Å². The van der Waals surface area contributed by atoms with Crippen LogP contribution in [0.2, 0.25) is 0 Å². The molecule has 94 valence electrons. The monoisotopic (exact) mass is 238 g/mol. The van der Waals surface area contributed by atoms with Crippen LogP contribution in [0.3, 0.4) is 0 Å². The molecule has 0 saturated carbocycles. The zero-order valence-corrected chi connectivity index (χ0v) is 10.1. The predicted molar refractivity (Wildman–Crippen MR) is 61.2 cm³/mol. The van der Waals surface area contributed by atoms with Crippen LogP contribution in [0, 0.1) is 0 Å². The van der Waals surface area contributed by atoms with Gasteiger partial charge in [0.25, 0.3) is 0 Å². The number of hydrogen-bond donors (Lipinski definition) is 0. The van der Waals surface area contributed by atoms with Crippen molar-refractivity contribution in [1.82, 2.24) is 9.80 Å². The Hall–Kier alpha value is -1.39. The van der Waals surface area contributed by atoms with Crippen LogP contribution in [0.1, 0.15) is 32.6 Å². The van der Waals surface area contributed by atoms with Crippen molar-refractivity contribution < 1.29 is 14.4 Å². The quantitative estimate of drug-likeness (QED) is 0.655. The molecule has 2 heterocycles. The van der Waals surface area contributed by atoms with Crippen molar-refractivity contribution in [2.24, 2.45) is 0 Å². The van der Waals surface area contributed by atoms with Crippen LogP contribution in [0.4, 0.5) is 0 Å². The average molecular weight is 238 g/mol. The highest BCUT2D eigenvalue weighted by molar-refractivity contribution is 5.89. The summed E-state index contributed by atoms with van der Waals surface area (Å²) in [7, 11) is 0. The van der Waals surface area contributed by atoms with E-state index in [9.17, 15) is 14.4 Å². The average Bonchev–Trinajstić information content (AvgIpc) is 2.78. The third kappa shape index (κ3) is 2.48. The van der Waals surface area contributed by atoms with E-state index < -0.39 is 0 Å². The molecule has 0 bridgehead atoms. The fourth-order valence-corrected chi connectivity index (χ4v) is 2.59. The van der Waals surface area contributed by atoms with Crippen LogP contribution in [0.5, 0.6) is 0 Å². The summed E-state index contributed by atoms with van der Waals surface area (Å²) in [6.07, 6.45) is 2.56. The van der Waals surface area contributed by atoms with Crippen LogP contribution >= 0.6 is 0 Å². The number of carbonyl (C=O) groups is 3. The van der Waals surface area contributed by atoms with Gasteiger partial charge < -0.3 is 9.80 Å². The Morgan fingerprint density at radius 2 is 1.82 bits per heavy atom. The van der Waals surface area contributed by atoms with Crippen molar-refractivity contribution in [2.45, 2.75) is 38.6 Å². The molecule has 2 aliphatic rings. The van der Waals surface area contributed by atoms with E-state index in [2.05, 4.69) is 0 Å². The van der Waals surface area contributed by atoms with Crippen LogP contribution in [0.15, 0.2) is 0 Å². The number of ketones is 1. The van der Waals surface area contributed by atoms with Gasteiger partial charge >= 0.3 is 0 Å². The summed E-state index contributed by atoms with van der Waals surface area (Å²) in [6.45, 7) is 3.21. The van der Waals surface area contributed by atoms with Crippen molar-refractivity contribution in [1.29, 1.82) is 0 Å². The molecule has 0 aromatic rings. The molecule has 0 aromatic heterocycles. The first-order valence-corrected chi connectivity index (χ1v) is 6.17. The minimum Gasteiger partial charge on any atom is -0.340 e. The molecular weight excluding hydrogens is 220 g/mol. The van der Waals surface area contributed by atoms with Gasteiger partial charge in [-0.25, -0.2) is 0 Å². The van der Waals surface area contributed by atoms with Crippen LogP contribution in [-0.2, 0) is 14.4 Å². The highest BCUT2D eigenvalue weighted by atomic mass is 16.2. The highest BCUT2D eigenvalue weighted by Gasteiger charge is 2.35. The third-order valence-electron chi connectivity index (χ3n) is 3.58. The minimum atomic E-state index is -0.291. The van der Waals surface area contributed by atoms with Gasteiger partial charge in [0.2, 0.25) is 11.8 Å². The highest BCUT2D eigenvalue weighted by Crippen LogP contribution is 2.20. The van der Waals surface area contributed by atoms with E-state index >= 15 is 0 Å². The van der Waals surface area contributed by atoms with Gasteiger partial charge in [-0.3, -0.25) is 14.4 Å². The van der Waals surface area contributed by atoms with Crippen molar-refractivity contribution in [3.8, 4) is 0 Å². The van der Waals surface area contributed by atoms with E-state index in [-0.39, 0.29) is 23.6 Å². The molecule has 5 heteroatoms. The fourth-order valence-electron chi connectivity index (χ4n) is 2.59. The molecule has 2 rings (SSSR count). The largest absolute Gasteiger partial charge is 0.340 e. The summed E-state index contributed by atoms with van der Waals surface area (Å²) in [4.78, 5) is 38.1. The maximum Gasteiger partial charge on any atom is 0.245 e. The molecule has 1 atom stereocenters. The van der Waals surface area contributed by atoms with Gasteiger partial charge in [0.1, 0.15) is 11.8 Å². The summed E-state index contributed by atoms with van der Waals surface area (Å²) < 4.78 is 0. The molecule has 17 heavy (non-hydrogen) atoms. The van der Waals surface area contributed by atoms with Gasteiger partial charge in [-0.2, -0.15) is 0 Å². The maximum absolute atomic E-state index is 12.2. The minimum absolute atomic E-state index is 0.0187. The Morgan fingerprint density at radius 1 is 1.18 bits per heavy atom. The van der Waals surface area contributed by atoms with Crippen LogP contribution in [0.25, 0.3) is 0 Å². The number of piperidine rings is 1. The molecule has 2 saturated heterocycles. The molecule has 0 radical (unpaired) electrons. The number of nitrogens with zero attached hydrogens (tertiary/aromatic N) is 2. The van der Waals surface area contributed by atoms with E-state index in [1.54, 1.807) is 9.80 Å². The standard InChI is InChI=1S/C12H18N2O3/c1-9(15)14-6-2-3-11(14)12(17)13-7-4-10(16)5-8-13/h11H,2-8H2,1H3. The molecule has 0 aromatic carbocycles. The Balaban J connectivity index is 1.99. The number of carbonyl (C=O) groups excluding carboxylic acids is 3. The first-order chi connectivity index (χ1) is 8.09. The lowest BCUT2D eigenvalue weighted by molar-refractivity contribution is -0.144. The molecular formula is C12H18N2O3. The van der Waals surface area contributed by atoms with E-state index in [4.69, 9.17) is 0 Å². The maximum atomic E-state index is 12.2. The van der Waals surface area contributed by atoms with E-state index in [1.165, 1.54) is 6.92 Å². The third-order valence-corrected chi connectivity index (χ3v) is 3.58. The zero-order valence-electron chi connectivity index (χ0n) is 10.1. The molecule has 0 N–H and O–H groups in total. The van der Waals surface area contributed by atoms with Gasteiger partial charge in [0.05, 0.1) is 0 Å². The summed E-state index contributed by atoms with van der Waals surface area (Å²) in [5.74, 6) is 0.211. The molecule has 2 amide bonds. The van der Waals surface area contributed by atoms with Gasteiger partial charge in [-0.05, 0) is 12.8 Å². The molecule has 0 spiro atoms. The van der Waals surface area contributed by atoms with Crippen LogP contribution in [-0.4, -0.2) is 53.1 Å². The van der Waals surface area contributed by atoms with Gasteiger partial charge in [-0.15, -0.1) is 0 Å². The zero-order chi connectivity index (χ0) is 12.4. The van der Waals surface area contributed by atoms with Crippen molar-refractivity contribution in [2.75, 3.05) is 19.6 Å². The lowest BCUT2D eigenvalue weighted by Gasteiger charge is -2.31. The second-order valence-corrected chi connectivity index (χ2v) is 4.73. The van der Waals surface area contributed by atoms with Crippen LogP contribution < -0.4 is 0 Å². The first-order valence-electron chi connectivity index (χ1n) is 6.17. The van der Waals surface area contributed by atoms with E-state index in [0.29, 0.717) is 32.5 Å². The lowest BCUT2D eigenvalue weighted by Crippen LogP contribution is -2.49. The Labute approximate surface area is 101 Å². The Kier molecular flexibility index (Phi) is 3.45. The number of likely N-dealkylation sites (tertiary alicyclic amines) is 2. The molecule has 2 fully saturated rings. The SMILES string of the molecule is CC(=O)N1CCCC1C(=O)N1CCC(=O)CC1. The topological polar surface area (TPSA) is 57.7 Å². The van der Waals surface area contributed by atoms with Gasteiger partial charge in [-0.1, -0.05) is 0 Å². The Morgan fingerprint density at radius 3 is 2.41 bits per heavy atom. The Bertz CT molecular complexity index is 344. The summed E-state index contributed by atoms with van der Waals surface area (Å²) >= 11 is 0.